The van der Waals surface area contributed by atoms with Crippen molar-refractivity contribution < 1.29 is 4.74 Å². The summed E-state index contributed by atoms with van der Waals surface area (Å²) in [5, 5.41) is 0. The SMILES string of the molecule is CCCN(C=Nc1cc(C)c(Oc2cc(I)cc(I)c2)cc1C)CC. The van der Waals surface area contributed by atoms with E-state index in [1.165, 1.54) is 7.14 Å². The third-order valence-electron chi connectivity index (χ3n) is 3.83. The first kappa shape index (κ1) is 20.5. The number of hydrogen-bond donors (Lipinski definition) is 0. The van der Waals surface area contributed by atoms with Crippen LogP contribution in [0.3, 0.4) is 0 Å². The Kier molecular flexibility index (Phi) is 7.99. The van der Waals surface area contributed by atoms with Gasteiger partial charge < -0.3 is 9.64 Å². The molecule has 0 aliphatic carbocycles. The molecule has 25 heavy (non-hydrogen) atoms. The van der Waals surface area contributed by atoms with Crippen LogP contribution in [0.1, 0.15) is 31.4 Å². The Morgan fingerprint density at radius 3 is 2.28 bits per heavy atom. The fourth-order valence-electron chi connectivity index (χ4n) is 2.47. The highest BCUT2D eigenvalue weighted by Gasteiger charge is 2.08. The van der Waals surface area contributed by atoms with E-state index in [0.29, 0.717) is 0 Å². The number of ether oxygens (including phenoxy) is 1. The van der Waals surface area contributed by atoms with Crippen molar-refractivity contribution in [2.24, 2.45) is 4.99 Å². The molecule has 2 rings (SSSR count). The number of aliphatic imine (C=N–C) groups is 1. The van der Waals surface area contributed by atoms with Crippen molar-refractivity contribution in [1.82, 2.24) is 4.90 Å². The summed E-state index contributed by atoms with van der Waals surface area (Å²) >= 11 is 4.63. The zero-order valence-corrected chi connectivity index (χ0v) is 19.5. The van der Waals surface area contributed by atoms with E-state index in [4.69, 9.17) is 4.74 Å². The molecule has 2 aromatic rings. The summed E-state index contributed by atoms with van der Waals surface area (Å²) in [4.78, 5) is 6.90. The standard InChI is InChI=1S/C20H24I2N2O/c1-5-7-24(6-2)13-23-19-8-15(4)20(9-14(19)3)25-18-11-16(21)10-17(22)12-18/h8-13H,5-7H2,1-4H3. The number of rotatable bonds is 7. The summed E-state index contributed by atoms with van der Waals surface area (Å²) in [5.41, 5.74) is 3.20. The van der Waals surface area contributed by atoms with Gasteiger partial charge in [0.15, 0.2) is 0 Å². The molecule has 134 valence electrons. The maximum absolute atomic E-state index is 6.12. The van der Waals surface area contributed by atoms with Gasteiger partial charge in [0.2, 0.25) is 0 Å². The van der Waals surface area contributed by atoms with Gasteiger partial charge in [0.05, 0.1) is 12.0 Å². The third kappa shape index (κ3) is 6.13. The minimum absolute atomic E-state index is 0.871. The van der Waals surface area contributed by atoms with Crippen LogP contribution in [0, 0.1) is 21.0 Å². The molecule has 0 atom stereocenters. The molecule has 0 aliphatic heterocycles. The minimum Gasteiger partial charge on any atom is -0.457 e. The number of nitrogens with zero attached hydrogens (tertiary/aromatic N) is 2. The molecular formula is C20H24I2N2O. The van der Waals surface area contributed by atoms with E-state index < -0.39 is 0 Å². The maximum Gasteiger partial charge on any atom is 0.130 e. The van der Waals surface area contributed by atoms with Gasteiger partial charge >= 0.3 is 0 Å². The van der Waals surface area contributed by atoms with Gasteiger partial charge in [-0.3, -0.25) is 0 Å². The zero-order chi connectivity index (χ0) is 18.4. The van der Waals surface area contributed by atoms with Crippen molar-refractivity contribution in [1.29, 1.82) is 0 Å². The lowest BCUT2D eigenvalue weighted by atomic mass is 10.1. The Morgan fingerprint density at radius 1 is 1.00 bits per heavy atom. The molecule has 0 amide bonds. The van der Waals surface area contributed by atoms with Gasteiger partial charge in [-0.05, 0) is 114 Å². The van der Waals surface area contributed by atoms with E-state index in [-0.39, 0.29) is 0 Å². The van der Waals surface area contributed by atoms with Gasteiger partial charge in [-0.15, -0.1) is 0 Å². The first-order valence-electron chi connectivity index (χ1n) is 8.46. The predicted octanol–water partition coefficient (Wildman–Crippen LogP) is 6.70. The second-order valence-electron chi connectivity index (χ2n) is 5.98. The molecule has 5 heteroatoms. The van der Waals surface area contributed by atoms with Crippen LogP contribution in [0.5, 0.6) is 11.5 Å². The van der Waals surface area contributed by atoms with Gasteiger partial charge in [0.25, 0.3) is 0 Å². The first-order chi connectivity index (χ1) is 11.9. The highest BCUT2D eigenvalue weighted by Crippen LogP contribution is 2.32. The normalized spacial score (nSPS) is 11.1. The molecule has 0 fully saturated rings. The molecule has 0 heterocycles. The van der Waals surface area contributed by atoms with Crippen LogP contribution in [-0.4, -0.2) is 24.3 Å². The topological polar surface area (TPSA) is 24.8 Å². The van der Waals surface area contributed by atoms with Crippen molar-refractivity contribution in [2.45, 2.75) is 34.1 Å². The highest BCUT2D eigenvalue weighted by atomic mass is 127. The predicted molar refractivity (Wildman–Crippen MR) is 124 cm³/mol. The van der Waals surface area contributed by atoms with E-state index in [9.17, 15) is 0 Å². The third-order valence-corrected chi connectivity index (χ3v) is 5.08. The molecule has 0 spiro atoms. The van der Waals surface area contributed by atoms with Crippen LogP contribution < -0.4 is 4.74 Å². The Hall–Kier alpha value is -0.830. The average Bonchev–Trinajstić information content (AvgIpc) is 2.54. The van der Waals surface area contributed by atoms with E-state index >= 15 is 0 Å². The maximum atomic E-state index is 6.12. The van der Waals surface area contributed by atoms with Gasteiger partial charge in [-0.1, -0.05) is 6.92 Å². The lowest BCUT2D eigenvalue weighted by Crippen LogP contribution is -2.21. The zero-order valence-electron chi connectivity index (χ0n) is 15.1. The molecular weight excluding hydrogens is 538 g/mol. The van der Waals surface area contributed by atoms with Gasteiger partial charge in [-0.2, -0.15) is 0 Å². The van der Waals surface area contributed by atoms with Crippen LogP contribution in [0.25, 0.3) is 0 Å². The number of halogens is 2. The Bertz CT molecular complexity index is 739. The summed E-state index contributed by atoms with van der Waals surface area (Å²) in [5.74, 6) is 1.75. The summed E-state index contributed by atoms with van der Waals surface area (Å²) in [6.45, 7) is 10.5. The van der Waals surface area contributed by atoms with Crippen LogP contribution in [0.15, 0.2) is 35.3 Å². The Morgan fingerprint density at radius 2 is 1.68 bits per heavy atom. The van der Waals surface area contributed by atoms with Crippen molar-refractivity contribution in [2.75, 3.05) is 13.1 Å². The van der Waals surface area contributed by atoms with Crippen LogP contribution in [0.4, 0.5) is 5.69 Å². The van der Waals surface area contributed by atoms with Crippen LogP contribution >= 0.6 is 45.2 Å². The molecule has 0 N–H and O–H groups in total. The molecule has 0 unspecified atom stereocenters. The lowest BCUT2D eigenvalue weighted by Gasteiger charge is -2.16. The molecule has 0 bridgehead atoms. The fourth-order valence-corrected chi connectivity index (χ4v) is 4.35. The number of aryl methyl sites for hydroxylation is 2. The monoisotopic (exact) mass is 562 g/mol. The second-order valence-corrected chi connectivity index (χ2v) is 8.48. The van der Waals surface area contributed by atoms with Crippen molar-refractivity contribution in [3.05, 3.63) is 48.6 Å². The molecule has 2 aromatic carbocycles. The molecule has 3 nitrogen and oxygen atoms in total. The lowest BCUT2D eigenvalue weighted by molar-refractivity contribution is 0.452. The summed E-state index contributed by atoms with van der Waals surface area (Å²) < 4.78 is 8.46. The van der Waals surface area contributed by atoms with E-state index in [0.717, 1.165) is 47.8 Å². The molecule has 0 aromatic heterocycles. The van der Waals surface area contributed by atoms with Crippen LogP contribution in [0.2, 0.25) is 0 Å². The molecule has 0 saturated heterocycles. The number of benzene rings is 2. The average molecular weight is 562 g/mol. The fraction of sp³-hybridized carbons (Fsp3) is 0.350. The van der Waals surface area contributed by atoms with E-state index in [1.54, 1.807) is 0 Å². The highest BCUT2D eigenvalue weighted by molar-refractivity contribution is 14.1. The van der Waals surface area contributed by atoms with E-state index in [1.807, 2.05) is 18.5 Å². The first-order valence-corrected chi connectivity index (χ1v) is 10.6. The Labute approximate surface area is 178 Å². The summed E-state index contributed by atoms with van der Waals surface area (Å²) in [6, 6.07) is 10.4. The van der Waals surface area contributed by atoms with Crippen LogP contribution in [-0.2, 0) is 0 Å². The summed E-state index contributed by atoms with van der Waals surface area (Å²) in [6.07, 6.45) is 3.08. The van der Waals surface area contributed by atoms with E-state index in [2.05, 4.69) is 101 Å². The Balaban J connectivity index is 2.23. The minimum atomic E-state index is 0.871. The molecule has 0 aliphatic rings. The summed E-state index contributed by atoms with van der Waals surface area (Å²) in [7, 11) is 0. The quantitative estimate of drug-likeness (QED) is 0.213. The molecule has 0 saturated carbocycles. The second kappa shape index (κ2) is 9.75. The van der Waals surface area contributed by atoms with Gasteiger partial charge in [0.1, 0.15) is 11.5 Å². The van der Waals surface area contributed by atoms with Gasteiger partial charge in [0, 0.05) is 20.2 Å². The number of hydrogen-bond acceptors (Lipinski definition) is 2. The smallest absolute Gasteiger partial charge is 0.130 e. The van der Waals surface area contributed by atoms with Crippen molar-refractivity contribution >= 4 is 57.2 Å². The van der Waals surface area contributed by atoms with Crippen molar-refractivity contribution in [3.63, 3.8) is 0 Å². The molecule has 0 radical (unpaired) electrons. The van der Waals surface area contributed by atoms with Crippen molar-refractivity contribution in [3.8, 4) is 11.5 Å². The largest absolute Gasteiger partial charge is 0.457 e. The van der Waals surface area contributed by atoms with Gasteiger partial charge in [-0.25, -0.2) is 4.99 Å².